The van der Waals surface area contributed by atoms with Crippen molar-refractivity contribution in [2.75, 3.05) is 0 Å². The van der Waals surface area contributed by atoms with Crippen molar-refractivity contribution >= 4 is 11.6 Å². The first kappa shape index (κ1) is 13.9. The minimum Gasteiger partial charge on any atom is -0.489 e. The van der Waals surface area contributed by atoms with Gasteiger partial charge in [0.05, 0.1) is 0 Å². The van der Waals surface area contributed by atoms with Crippen LogP contribution in [0.15, 0.2) is 42.6 Å². The summed E-state index contributed by atoms with van der Waals surface area (Å²) in [4.78, 5) is 4.02. The maximum atomic E-state index is 5.98. The van der Waals surface area contributed by atoms with E-state index in [2.05, 4.69) is 37.9 Å². The zero-order chi connectivity index (χ0) is 13.9. The maximum Gasteiger partial charge on any atom is 0.135 e. The van der Waals surface area contributed by atoms with E-state index < -0.39 is 0 Å². The summed E-state index contributed by atoms with van der Waals surface area (Å²) in [6.07, 6.45) is 1.67. The molecule has 0 aliphatic heterocycles. The first-order chi connectivity index (χ1) is 8.97. The highest BCUT2D eigenvalue weighted by Crippen LogP contribution is 2.24. The molecule has 0 bridgehead atoms. The lowest BCUT2D eigenvalue weighted by Crippen LogP contribution is -2.10. The molecule has 0 aliphatic carbocycles. The highest BCUT2D eigenvalue weighted by Gasteiger charge is 2.13. The van der Waals surface area contributed by atoms with Gasteiger partial charge in [-0.15, -0.1) is 0 Å². The number of halogens is 1. The summed E-state index contributed by atoms with van der Waals surface area (Å²) in [7, 11) is 0. The Morgan fingerprint density at radius 3 is 2.37 bits per heavy atom. The molecule has 0 aliphatic rings. The van der Waals surface area contributed by atoms with Gasteiger partial charge in [-0.1, -0.05) is 50.6 Å². The Bertz CT molecular complexity index is 543. The van der Waals surface area contributed by atoms with Gasteiger partial charge in [-0.3, -0.25) is 0 Å². The lowest BCUT2D eigenvalue weighted by molar-refractivity contribution is 0.305. The summed E-state index contributed by atoms with van der Waals surface area (Å²) in [5.74, 6) is 0.841. The first-order valence-electron chi connectivity index (χ1n) is 6.29. The molecule has 0 saturated heterocycles. The van der Waals surface area contributed by atoms with Crippen molar-refractivity contribution in [3.63, 3.8) is 0 Å². The largest absolute Gasteiger partial charge is 0.489 e. The zero-order valence-electron chi connectivity index (χ0n) is 11.5. The van der Waals surface area contributed by atoms with Gasteiger partial charge in [0.25, 0.3) is 0 Å². The van der Waals surface area contributed by atoms with Crippen LogP contribution in [0.25, 0.3) is 0 Å². The Morgan fingerprint density at radius 1 is 1.11 bits per heavy atom. The van der Waals surface area contributed by atoms with E-state index in [9.17, 15) is 0 Å². The van der Waals surface area contributed by atoms with Crippen LogP contribution in [0.4, 0.5) is 0 Å². The van der Waals surface area contributed by atoms with E-state index >= 15 is 0 Å². The lowest BCUT2D eigenvalue weighted by atomic mass is 9.87. The lowest BCUT2D eigenvalue weighted by Gasteiger charge is -2.19. The molecule has 1 aromatic carbocycles. The smallest absolute Gasteiger partial charge is 0.135 e. The van der Waals surface area contributed by atoms with Crippen molar-refractivity contribution in [3.05, 3.63) is 58.9 Å². The third-order valence-corrected chi connectivity index (χ3v) is 3.29. The van der Waals surface area contributed by atoms with Gasteiger partial charge in [-0.25, -0.2) is 4.98 Å². The normalized spacial score (nSPS) is 11.4. The number of rotatable bonds is 3. The van der Waals surface area contributed by atoms with Gasteiger partial charge in [0, 0.05) is 11.8 Å². The predicted molar refractivity (Wildman–Crippen MR) is 78.7 cm³/mol. The number of nitrogens with zero attached hydrogens (tertiary/aromatic N) is 1. The molecule has 0 fully saturated rings. The van der Waals surface area contributed by atoms with Crippen LogP contribution in [-0.4, -0.2) is 4.98 Å². The van der Waals surface area contributed by atoms with Gasteiger partial charge >= 0.3 is 0 Å². The average Bonchev–Trinajstić information content (AvgIpc) is 2.37. The van der Waals surface area contributed by atoms with Crippen molar-refractivity contribution in [1.29, 1.82) is 0 Å². The van der Waals surface area contributed by atoms with E-state index in [1.807, 2.05) is 24.3 Å². The molecule has 1 heterocycles. The molecule has 0 saturated carbocycles. The van der Waals surface area contributed by atoms with Gasteiger partial charge in [0.15, 0.2) is 0 Å². The molecule has 0 amide bonds. The second kappa shape index (κ2) is 5.62. The number of aromatic nitrogens is 1. The highest BCUT2D eigenvalue weighted by molar-refractivity contribution is 6.30. The number of hydrogen-bond acceptors (Lipinski definition) is 2. The average molecular weight is 276 g/mol. The van der Waals surface area contributed by atoms with Gasteiger partial charge in [-0.2, -0.15) is 0 Å². The summed E-state index contributed by atoms with van der Waals surface area (Å²) in [6.45, 7) is 7.01. The minimum absolute atomic E-state index is 0.158. The third-order valence-electron chi connectivity index (χ3n) is 2.95. The van der Waals surface area contributed by atoms with Crippen LogP contribution in [-0.2, 0) is 12.0 Å². The van der Waals surface area contributed by atoms with Crippen molar-refractivity contribution in [3.8, 4) is 5.75 Å². The number of ether oxygens (including phenoxy) is 1. The molecular formula is C16H18ClNO. The first-order valence-corrected chi connectivity index (χ1v) is 6.67. The number of benzene rings is 1. The maximum absolute atomic E-state index is 5.98. The number of hydrogen-bond donors (Lipinski definition) is 0. The summed E-state index contributed by atoms with van der Waals surface area (Å²) in [6, 6.07) is 11.9. The van der Waals surface area contributed by atoms with E-state index in [0.29, 0.717) is 11.8 Å². The van der Waals surface area contributed by atoms with Crippen LogP contribution in [0.5, 0.6) is 5.75 Å². The second-order valence-electron chi connectivity index (χ2n) is 5.52. The molecule has 19 heavy (non-hydrogen) atoms. The molecule has 2 rings (SSSR count). The fourth-order valence-electron chi connectivity index (χ4n) is 1.74. The highest BCUT2D eigenvalue weighted by atomic mass is 35.5. The molecule has 0 spiro atoms. The van der Waals surface area contributed by atoms with E-state index in [0.717, 1.165) is 11.3 Å². The molecular weight excluding hydrogens is 258 g/mol. The molecule has 0 radical (unpaired) electrons. The van der Waals surface area contributed by atoms with Crippen molar-refractivity contribution in [2.45, 2.75) is 32.8 Å². The van der Waals surface area contributed by atoms with Crippen LogP contribution in [0, 0.1) is 0 Å². The SMILES string of the molecule is CC(C)(C)c1ccc(OCc2cccnc2Cl)cc1. The molecule has 0 unspecified atom stereocenters. The molecule has 0 atom stereocenters. The van der Waals surface area contributed by atoms with Crippen LogP contribution < -0.4 is 4.74 Å². The Balaban J connectivity index is 2.03. The third kappa shape index (κ3) is 3.71. The van der Waals surface area contributed by atoms with Crippen molar-refractivity contribution in [1.82, 2.24) is 4.98 Å². The van der Waals surface area contributed by atoms with Crippen molar-refractivity contribution < 1.29 is 4.74 Å². The topological polar surface area (TPSA) is 22.1 Å². The van der Waals surface area contributed by atoms with Gasteiger partial charge in [0.1, 0.15) is 17.5 Å². The van der Waals surface area contributed by atoms with E-state index in [4.69, 9.17) is 16.3 Å². The van der Waals surface area contributed by atoms with E-state index in [1.165, 1.54) is 5.56 Å². The predicted octanol–water partition coefficient (Wildman–Crippen LogP) is 4.61. The molecule has 100 valence electrons. The van der Waals surface area contributed by atoms with Crippen molar-refractivity contribution in [2.24, 2.45) is 0 Å². The molecule has 0 N–H and O–H groups in total. The Labute approximate surface area is 119 Å². The summed E-state index contributed by atoms with van der Waals surface area (Å²) in [5.41, 5.74) is 2.34. The molecule has 2 aromatic rings. The molecule has 1 aromatic heterocycles. The van der Waals surface area contributed by atoms with E-state index in [1.54, 1.807) is 6.20 Å². The van der Waals surface area contributed by atoms with Crippen LogP contribution in [0.1, 0.15) is 31.9 Å². The molecule has 2 nitrogen and oxygen atoms in total. The standard InChI is InChI=1S/C16H18ClNO/c1-16(2,3)13-6-8-14(9-7-13)19-11-12-5-4-10-18-15(12)17/h4-10H,11H2,1-3H3. The van der Waals surface area contributed by atoms with Gasteiger partial charge < -0.3 is 4.74 Å². The van der Waals surface area contributed by atoms with Gasteiger partial charge in [0.2, 0.25) is 0 Å². The summed E-state index contributed by atoms with van der Waals surface area (Å²) >= 11 is 5.98. The second-order valence-corrected chi connectivity index (χ2v) is 5.87. The Hall–Kier alpha value is -1.54. The minimum atomic E-state index is 0.158. The molecule has 3 heteroatoms. The van der Waals surface area contributed by atoms with Crippen LogP contribution in [0.2, 0.25) is 5.15 Å². The Kier molecular flexibility index (Phi) is 4.11. The summed E-state index contributed by atoms with van der Waals surface area (Å²) in [5, 5.41) is 0.494. The van der Waals surface area contributed by atoms with Crippen LogP contribution >= 0.6 is 11.6 Å². The van der Waals surface area contributed by atoms with Gasteiger partial charge in [-0.05, 0) is 29.2 Å². The Morgan fingerprint density at radius 2 is 1.79 bits per heavy atom. The fraction of sp³-hybridized carbons (Fsp3) is 0.312. The summed E-state index contributed by atoms with van der Waals surface area (Å²) < 4.78 is 5.72. The zero-order valence-corrected chi connectivity index (χ0v) is 12.2. The quantitative estimate of drug-likeness (QED) is 0.763. The monoisotopic (exact) mass is 275 g/mol. The van der Waals surface area contributed by atoms with E-state index in [-0.39, 0.29) is 5.41 Å². The number of pyridine rings is 1. The van der Waals surface area contributed by atoms with Crippen LogP contribution in [0.3, 0.4) is 0 Å². The fourth-order valence-corrected chi connectivity index (χ4v) is 1.91.